The predicted molar refractivity (Wildman–Crippen MR) is 77.8 cm³/mol. The standard InChI is InChI=1S/C15H13F2N5O/c1-8-6-9(2)22-15(19-8)20-12(21-22)7-18-14(23)13-10(16)4-3-5-11(13)17/h3-6H,7H2,1-2H3,(H,18,23). The molecule has 23 heavy (non-hydrogen) atoms. The molecule has 0 aliphatic rings. The molecule has 0 radical (unpaired) electrons. The van der Waals surface area contributed by atoms with Gasteiger partial charge in [-0.1, -0.05) is 6.07 Å². The molecule has 0 fully saturated rings. The summed E-state index contributed by atoms with van der Waals surface area (Å²) < 4.78 is 28.6. The molecule has 0 bridgehead atoms. The summed E-state index contributed by atoms with van der Waals surface area (Å²) in [6.45, 7) is 3.63. The first-order valence-corrected chi connectivity index (χ1v) is 6.88. The van der Waals surface area contributed by atoms with Gasteiger partial charge >= 0.3 is 0 Å². The molecule has 0 unspecified atom stereocenters. The number of amides is 1. The number of nitrogens with one attached hydrogen (secondary N) is 1. The first-order valence-electron chi connectivity index (χ1n) is 6.88. The minimum atomic E-state index is -0.918. The van der Waals surface area contributed by atoms with Crippen LogP contribution in [0, 0.1) is 25.5 Å². The fourth-order valence-electron chi connectivity index (χ4n) is 2.25. The van der Waals surface area contributed by atoms with Crippen molar-refractivity contribution in [2.45, 2.75) is 20.4 Å². The van der Waals surface area contributed by atoms with Crippen molar-refractivity contribution in [3.63, 3.8) is 0 Å². The van der Waals surface area contributed by atoms with Crippen molar-refractivity contribution >= 4 is 11.7 Å². The highest BCUT2D eigenvalue weighted by molar-refractivity contribution is 5.94. The molecule has 6 nitrogen and oxygen atoms in total. The van der Waals surface area contributed by atoms with Gasteiger partial charge in [-0.25, -0.2) is 18.3 Å². The lowest BCUT2D eigenvalue weighted by atomic mass is 10.2. The SMILES string of the molecule is Cc1cc(C)n2nc(CNC(=O)c3c(F)cccc3F)nc2n1. The Balaban J connectivity index is 1.81. The fourth-order valence-corrected chi connectivity index (χ4v) is 2.25. The quantitative estimate of drug-likeness (QED) is 0.801. The zero-order valence-corrected chi connectivity index (χ0v) is 12.5. The van der Waals surface area contributed by atoms with Gasteiger partial charge in [0, 0.05) is 11.4 Å². The van der Waals surface area contributed by atoms with Crippen LogP contribution in [-0.2, 0) is 6.54 Å². The van der Waals surface area contributed by atoms with E-state index in [1.165, 1.54) is 10.6 Å². The van der Waals surface area contributed by atoms with E-state index in [9.17, 15) is 13.6 Å². The van der Waals surface area contributed by atoms with Crippen molar-refractivity contribution in [1.82, 2.24) is 24.9 Å². The molecular formula is C15H13F2N5O. The lowest BCUT2D eigenvalue weighted by Gasteiger charge is -2.04. The molecule has 2 aromatic heterocycles. The van der Waals surface area contributed by atoms with Crippen LogP contribution < -0.4 is 5.32 Å². The third-order valence-electron chi connectivity index (χ3n) is 3.26. The van der Waals surface area contributed by atoms with Crippen molar-refractivity contribution < 1.29 is 13.6 Å². The number of hydrogen-bond donors (Lipinski definition) is 1. The Bertz CT molecular complexity index is 886. The second kappa shape index (κ2) is 5.71. The lowest BCUT2D eigenvalue weighted by Crippen LogP contribution is -2.25. The van der Waals surface area contributed by atoms with Crippen LogP contribution in [0.3, 0.4) is 0 Å². The van der Waals surface area contributed by atoms with Crippen LogP contribution >= 0.6 is 0 Å². The Labute approximate surface area is 130 Å². The molecule has 1 amide bonds. The number of carbonyl (C=O) groups excluding carboxylic acids is 1. The number of hydrogen-bond acceptors (Lipinski definition) is 4. The van der Waals surface area contributed by atoms with Gasteiger partial charge in [-0.3, -0.25) is 4.79 Å². The molecule has 1 aromatic carbocycles. The van der Waals surface area contributed by atoms with Crippen LogP contribution in [0.15, 0.2) is 24.3 Å². The van der Waals surface area contributed by atoms with Gasteiger partial charge in [0.25, 0.3) is 11.7 Å². The van der Waals surface area contributed by atoms with Crippen LogP contribution in [0.5, 0.6) is 0 Å². The van der Waals surface area contributed by atoms with Crippen molar-refractivity contribution in [2.75, 3.05) is 0 Å². The summed E-state index contributed by atoms with van der Waals surface area (Å²) in [5.41, 5.74) is 1.02. The van der Waals surface area contributed by atoms with Gasteiger partial charge in [0.2, 0.25) is 0 Å². The van der Waals surface area contributed by atoms with Crippen molar-refractivity contribution in [2.24, 2.45) is 0 Å². The predicted octanol–water partition coefficient (Wildman–Crippen LogP) is 1.95. The van der Waals surface area contributed by atoms with Gasteiger partial charge < -0.3 is 5.32 Å². The number of benzene rings is 1. The Morgan fingerprint density at radius 3 is 2.61 bits per heavy atom. The molecule has 8 heteroatoms. The first kappa shape index (κ1) is 15.0. The summed E-state index contributed by atoms with van der Waals surface area (Å²) in [5, 5.41) is 6.61. The van der Waals surface area contributed by atoms with E-state index in [1.807, 2.05) is 19.9 Å². The topological polar surface area (TPSA) is 72.2 Å². The minimum absolute atomic E-state index is 0.0611. The number of halogens is 2. The maximum Gasteiger partial charge on any atom is 0.257 e. The average molecular weight is 317 g/mol. The Kier molecular flexibility index (Phi) is 3.73. The van der Waals surface area contributed by atoms with Crippen LogP contribution in [0.2, 0.25) is 0 Å². The summed E-state index contributed by atoms with van der Waals surface area (Å²) in [7, 11) is 0. The normalized spacial score (nSPS) is 11.0. The zero-order valence-electron chi connectivity index (χ0n) is 12.5. The van der Waals surface area contributed by atoms with Crippen LogP contribution in [-0.4, -0.2) is 25.5 Å². The minimum Gasteiger partial charge on any atom is -0.344 e. The molecule has 118 valence electrons. The molecule has 3 rings (SSSR count). The Hall–Kier alpha value is -2.90. The van der Waals surface area contributed by atoms with E-state index in [0.717, 1.165) is 23.5 Å². The van der Waals surface area contributed by atoms with Crippen molar-refractivity contribution in [1.29, 1.82) is 0 Å². The Morgan fingerprint density at radius 1 is 1.22 bits per heavy atom. The highest BCUT2D eigenvalue weighted by Crippen LogP contribution is 2.12. The molecule has 3 aromatic rings. The van der Waals surface area contributed by atoms with Crippen molar-refractivity contribution in [3.05, 3.63) is 58.7 Å². The monoisotopic (exact) mass is 317 g/mol. The van der Waals surface area contributed by atoms with E-state index in [2.05, 4.69) is 20.4 Å². The molecule has 0 saturated heterocycles. The highest BCUT2D eigenvalue weighted by Gasteiger charge is 2.17. The zero-order chi connectivity index (χ0) is 16.6. The largest absolute Gasteiger partial charge is 0.344 e. The highest BCUT2D eigenvalue weighted by atomic mass is 19.1. The van der Waals surface area contributed by atoms with Gasteiger partial charge in [-0.2, -0.15) is 4.98 Å². The number of carbonyl (C=O) groups is 1. The molecule has 0 spiro atoms. The van der Waals surface area contributed by atoms with Gasteiger partial charge in [0.1, 0.15) is 17.2 Å². The van der Waals surface area contributed by atoms with Crippen LogP contribution in [0.1, 0.15) is 27.6 Å². The molecular weight excluding hydrogens is 304 g/mol. The maximum absolute atomic E-state index is 13.5. The van der Waals surface area contributed by atoms with Gasteiger partial charge in [-0.15, -0.1) is 5.10 Å². The molecule has 2 heterocycles. The summed E-state index contributed by atoms with van der Waals surface area (Å²) in [5.74, 6) is -1.99. The average Bonchev–Trinajstić information content (AvgIpc) is 2.88. The van der Waals surface area contributed by atoms with Gasteiger partial charge in [-0.05, 0) is 32.0 Å². The van der Waals surface area contributed by atoms with Crippen LogP contribution in [0.25, 0.3) is 5.78 Å². The third-order valence-corrected chi connectivity index (χ3v) is 3.26. The number of aryl methyl sites for hydroxylation is 2. The van der Waals surface area contributed by atoms with E-state index >= 15 is 0 Å². The van der Waals surface area contributed by atoms with Crippen LogP contribution in [0.4, 0.5) is 8.78 Å². The number of fused-ring (bicyclic) bond motifs is 1. The van der Waals surface area contributed by atoms with E-state index in [-0.39, 0.29) is 6.54 Å². The second-order valence-electron chi connectivity index (χ2n) is 5.06. The van der Waals surface area contributed by atoms with E-state index < -0.39 is 23.1 Å². The molecule has 0 saturated carbocycles. The lowest BCUT2D eigenvalue weighted by molar-refractivity contribution is 0.0941. The first-order chi connectivity index (χ1) is 11.0. The summed E-state index contributed by atoms with van der Waals surface area (Å²) >= 11 is 0. The summed E-state index contributed by atoms with van der Waals surface area (Å²) in [4.78, 5) is 20.3. The molecule has 0 atom stereocenters. The third kappa shape index (κ3) is 2.87. The molecule has 0 aliphatic heterocycles. The van der Waals surface area contributed by atoms with E-state index in [0.29, 0.717) is 11.6 Å². The summed E-state index contributed by atoms with van der Waals surface area (Å²) in [6.07, 6.45) is 0. The number of nitrogens with zero attached hydrogens (tertiary/aromatic N) is 4. The number of aromatic nitrogens is 4. The van der Waals surface area contributed by atoms with Gasteiger partial charge in [0.15, 0.2) is 5.82 Å². The molecule has 1 N–H and O–H groups in total. The second-order valence-corrected chi connectivity index (χ2v) is 5.06. The summed E-state index contributed by atoms with van der Waals surface area (Å²) in [6, 6.07) is 5.09. The van der Waals surface area contributed by atoms with E-state index in [4.69, 9.17) is 0 Å². The fraction of sp³-hybridized carbons (Fsp3) is 0.200. The number of rotatable bonds is 3. The van der Waals surface area contributed by atoms with E-state index in [1.54, 1.807) is 0 Å². The molecule has 0 aliphatic carbocycles. The Morgan fingerprint density at radius 2 is 1.91 bits per heavy atom. The van der Waals surface area contributed by atoms with Crippen molar-refractivity contribution in [3.8, 4) is 0 Å². The maximum atomic E-state index is 13.5. The van der Waals surface area contributed by atoms with Gasteiger partial charge in [0.05, 0.1) is 6.54 Å². The smallest absolute Gasteiger partial charge is 0.257 e.